The van der Waals surface area contributed by atoms with Crippen molar-refractivity contribution in [3.05, 3.63) is 0 Å². The quantitative estimate of drug-likeness (QED) is 0.489. The maximum atomic E-state index is 0. The predicted octanol–water partition coefficient (Wildman–Crippen LogP) is -0.0100. The molecule has 0 bridgehead atoms. The fourth-order valence-corrected chi connectivity index (χ4v) is 0. The van der Waals surface area contributed by atoms with E-state index >= 15 is 0 Å². The first-order valence-electron chi connectivity index (χ1n) is 0. The summed E-state index contributed by atoms with van der Waals surface area (Å²) in [4.78, 5) is 0. The third-order valence-corrected chi connectivity index (χ3v) is 0. The summed E-state index contributed by atoms with van der Waals surface area (Å²) in [7, 11) is 0. The number of hydrogen-bond donors (Lipinski definition) is 0. The summed E-state index contributed by atoms with van der Waals surface area (Å²) in [5, 5.41) is 0. The van der Waals surface area contributed by atoms with Gasteiger partial charge in [-0.05, 0) is 0 Å². The van der Waals surface area contributed by atoms with Gasteiger partial charge in [-0.2, -0.15) is 0 Å². The second-order valence-electron chi connectivity index (χ2n) is 0. The Kier molecular flexibility index (Phi) is 149. The van der Waals surface area contributed by atoms with Gasteiger partial charge in [-0.15, -0.1) is 0 Å². The first-order valence-corrected chi connectivity index (χ1v) is 0. The first kappa shape index (κ1) is 32.6. The molecule has 4 heavy (non-hydrogen) atoms. The van der Waals surface area contributed by atoms with Crippen LogP contribution in [0.5, 0.6) is 0 Å². The van der Waals surface area contributed by atoms with E-state index in [1.54, 1.807) is 0 Å². The molecule has 0 unspecified atom stereocenters. The Morgan fingerprint density at radius 1 is 1.00 bits per heavy atom. The number of rotatable bonds is 0. The van der Waals surface area contributed by atoms with E-state index in [1.807, 2.05) is 0 Å². The molecule has 0 atom stereocenters. The van der Waals surface area contributed by atoms with Gasteiger partial charge in [-0.3, -0.25) is 0 Å². The zero-order valence-corrected chi connectivity index (χ0v) is 7.39. The van der Waals surface area contributed by atoms with Gasteiger partial charge in [0.05, 0.1) is 0 Å². The van der Waals surface area contributed by atoms with E-state index in [0.29, 0.717) is 0 Å². The third-order valence-electron chi connectivity index (χ3n) is 0. The van der Waals surface area contributed by atoms with Gasteiger partial charge in [0.2, 0.25) is 0 Å². The molecule has 0 aromatic heterocycles. The van der Waals surface area contributed by atoms with Crippen LogP contribution in [-0.2, 0) is 75.3 Å². The van der Waals surface area contributed by atoms with E-state index in [-0.39, 0.29) is 75.3 Å². The normalized spacial score (nSPS) is 0. The van der Waals surface area contributed by atoms with Crippen LogP contribution in [-0.4, -0.2) is 0 Å². The maximum Gasteiger partial charge on any atom is 0 e. The maximum absolute atomic E-state index is 0. The Hall–Kier alpha value is 2.38. The monoisotopic (exact) mass is 415 g/mol. The molecule has 0 aromatic rings. The van der Waals surface area contributed by atoms with Crippen molar-refractivity contribution >= 4 is 0 Å². The zero-order valence-electron chi connectivity index (χ0n) is 1.34. The minimum absolute atomic E-state index is 0. The van der Waals surface area contributed by atoms with Gasteiger partial charge in [0.15, 0.2) is 0 Å². The van der Waals surface area contributed by atoms with Crippen LogP contribution in [0.2, 0.25) is 0 Å². The van der Waals surface area contributed by atoms with E-state index in [0.717, 1.165) is 0 Å². The zero-order chi connectivity index (χ0) is 0. The molecule has 0 rings (SSSR count). The van der Waals surface area contributed by atoms with Crippen molar-refractivity contribution in [3.63, 3.8) is 0 Å². The molecular formula is CoMnPdPt. The largest absolute Gasteiger partial charge is 0 e. The summed E-state index contributed by atoms with van der Waals surface area (Å²) >= 11 is 0. The molecule has 0 amide bonds. The van der Waals surface area contributed by atoms with Crippen molar-refractivity contribution in [1.82, 2.24) is 0 Å². The molecule has 2 radical (unpaired) electrons. The van der Waals surface area contributed by atoms with Crippen molar-refractivity contribution in [2.75, 3.05) is 0 Å². The predicted molar refractivity (Wildman–Crippen MR) is 0 cm³/mol. The molecule has 0 saturated heterocycles. The molecule has 0 aromatic carbocycles. The minimum atomic E-state index is 0. The van der Waals surface area contributed by atoms with Crippen molar-refractivity contribution in [3.8, 4) is 0 Å². The SMILES string of the molecule is [Co].[Mn].[Pd].[Pt]. The molecule has 0 saturated carbocycles. The molecular weight excluding hydrogens is 415 g/mol. The molecule has 0 aliphatic carbocycles. The van der Waals surface area contributed by atoms with E-state index < -0.39 is 0 Å². The number of hydrogen-bond acceptors (Lipinski definition) is 0. The van der Waals surface area contributed by atoms with Crippen molar-refractivity contribution in [2.45, 2.75) is 0 Å². The average Bonchev–Trinajstić information content (AvgIpc) is 0. The molecule has 0 N–H and O–H groups in total. The minimum Gasteiger partial charge on any atom is 0 e. The van der Waals surface area contributed by atoms with Crippen LogP contribution in [0, 0.1) is 0 Å². The van der Waals surface area contributed by atoms with Crippen LogP contribution in [0.1, 0.15) is 0 Å². The van der Waals surface area contributed by atoms with Gasteiger partial charge < -0.3 is 0 Å². The first-order chi connectivity index (χ1) is 0. The summed E-state index contributed by atoms with van der Waals surface area (Å²) in [6.07, 6.45) is 0. The Labute approximate surface area is 74.5 Å². The van der Waals surface area contributed by atoms with E-state index in [1.165, 1.54) is 0 Å². The van der Waals surface area contributed by atoms with Gasteiger partial charge in [0.25, 0.3) is 0 Å². The molecule has 0 aliphatic rings. The molecule has 0 fully saturated rings. The summed E-state index contributed by atoms with van der Waals surface area (Å²) < 4.78 is 0. The molecule has 0 nitrogen and oxygen atoms in total. The Morgan fingerprint density at radius 2 is 1.00 bits per heavy atom. The average molecular weight is 415 g/mol. The van der Waals surface area contributed by atoms with E-state index in [2.05, 4.69) is 0 Å². The summed E-state index contributed by atoms with van der Waals surface area (Å²) in [5.41, 5.74) is 0. The Morgan fingerprint density at radius 3 is 1.00 bits per heavy atom. The fourth-order valence-electron chi connectivity index (χ4n) is 0. The standard InChI is InChI=1S/Co.Mn.Pd.Pt. The van der Waals surface area contributed by atoms with Gasteiger partial charge >= 0.3 is 0 Å². The Balaban J connectivity index is 0. The molecule has 0 aliphatic heterocycles. The smallest absolute Gasteiger partial charge is 0 e. The van der Waals surface area contributed by atoms with Gasteiger partial charge in [-0.25, -0.2) is 0 Å². The molecule has 0 spiro atoms. The summed E-state index contributed by atoms with van der Waals surface area (Å²) in [6, 6.07) is 0. The topological polar surface area (TPSA) is 0 Å². The van der Waals surface area contributed by atoms with Crippen LogP contribution < -0.4 is 0 Å². The Bertz CT molecular complexity index is 8.00. The summed E-state index contributed by atoms with van der Waals surface area (Å²) in [6.45, 7) is 0. The second kappa shape index (κ2) is 18.2. The molecule has 0 heterocycles. The van der Waals surface area contributed by atoms with Crippen molar-refractivity contribution in [1.29, 1.82) is 0 Å². The van der Waals surface area contributed by atoms with Crippen LogP contribution in [0.15, 0.2) is 0 Å². The fraction of sp³-hybridized carbons (Fsp3) is 0. The van der Waals surface area contributed by atoms with Crippen molar-refractivity contribution < 1.29 is 75.3 Å². The van der Waals surface area contributed by atoms with Crippen LogP contribution in [0.3, 0.4) is 0 Å². The van der Waals surface area contributed by atoms with Gasteiger partial charge in [-0.1, -0.05) is 0 Å². The summed E-state index contributed by atoms with van der Waals surface area (Å²) in [5.74, 6) is 0. The second-order valence-corrected chi connectivity index (χ2v) is 0. The molecule has 36 valence electrons. The van der Waals surface area contributed by atoms with E-state index in [9.17, 15) is 0 Å². The van der Waals surface area contributed by atoms with Crippen molar-refractivity contribution in [2.24, 2.45) is 0 Å². The van der Waals surface area contributed by atoms with Gasteiger partial charge in [0, 0.05) is 75.3 Å². The third kappa shape index (κ3) is 8.83. The molecule has 4 heteroatoms. The van der Waals surface area contributed by atoms with Gasteiger partial charge in [0.1, 0.15) is 0 Å². The van der Waals surface area contributed by atoms with Crippen LogP contribution >= 0.6 is 0 Å². The van der Waals surface area contributed by atoms with Crippen LogP contribution in [0.25, 0.3) is 0 Å². The van der Waals surface area contributed by atoms with E-state index in [4.69, 9.17) is 0 Å². The van der Waals surface area contributed by atoms with Crippen LogP contribution in [0.4, 0.5) is 0 Å².